The summed E-state index contributed by atoms with van der Waals surface area (Å²) in [6.45, 7) is 7.50. The Balaban J connectivity index is 1.66. The van der Waals surface area contributed by atoms with E-state index in [1.54, 1.807) is 6.07 Å². The molecule has 0 aromatic heterocycles. The van der Waals surface area contributed by atoms with Crippen LogP contribution in [-0.4, -0.2) is 60.9 Å². The van der Waals surface area contributed by atoms with Gasteiger partial charge in [-0.25, -0.2) is 13.2 Å². The van der Waals surface area contributed by atoms with Gasteiger partial charge in [0.05, 0.1) is 22.9 Å². The van der Waals surface area contributed by atoms with E-state index in [4.69, 9.17) is 0 Å². The zero-order valence-corrected chi connectivity index (χ0v) is 20.6. The number of carbonyl (C=O) groups excluding carboxylic acids is 2. The molecule has 0 saturated carbocycles. The van der Waals surface area contributed by atoms with Gasteiger partial charge in [-0.1, -0.05) is 13.8 Å². The van der Waals surface area contributed by atoms with Gasteiger partial charge in [0, 0.05) is 29.7 Å². The number of rotatable bonds is 9. The maximum absolute atomic E-state index is 14.6. The van der Waals surface area contributed by atoms with Crippen LogP contribution < -0.4 is 10.6 Å². The smallest absolute Gasteiger partial charge is 0.256 e. The Morgan fingerprint density at radius 3 is 2.42 bits per heavy atom. The molecule has 1 aliphatic heterocycles. The van der Waals surface area contributed by atoms with Crippen molar-refractivity contribution in [1.82, 2.24) is 15.1 Å². The molecule has 2 N–H and O–H groups in total. The Bertz CT molecular complexity index is 1030. The van der Waals surface area contributed by atoms with E-state index < -0.39 is 29.0 Å². The summed E-state index contributed by atoms with van der Waals surface area (Å²) < 4.78 is 43.3. The molecule has 2 aromatic carbocycles. The molecule has 0 unspecified atom stereocenters. The van der Waals surface area contributed by atoms with E-state index in [0.29, 0.717) is 10.1 Å². The van der Waals surface area contributed by atoms with Crippen LogP contribution in [0.2, 0.25) is 0 Å². The number of nitrogens with one attached hydrogen (secondary N) is 2. The number of likely N-dealkylation sites (N-methyl/N-ethyl adjacent to an activating group) is 1. The predicted octanol–water partition coefficient (Wildman–Crippen LogP) is 3.98. The molecule has 2 aromatic rings. The average molecular weight is 574 g/mol. The number of benzene rings is 2. The van der Waals surface area contributed by atoms with E-state index in [-0.39, 0.29) is 36.2 Å². The Morgan fingerprint density at radius 2 is 1.79 bits per heavy atom. The van der Waals surface area contributed by atoms with E-state index in [1.807, 2.05) is 22.6 Å². The van der Waals surface area contributed by atoms with Gasteiger partial charge in [0.2, 0.25) is 5.91 Å². The molecule has 1 fully saturated rings. The highest BCUT2D eigenvalue weighted by Gasteiger charge is 2.37. The second-order valence-corrected chi connectivity index (χ2v) is 9.00. The van der Waals surface area contributed by atoms with Gasteiger partial charge in [0.15, 0.2) is 11.6 Å². The molecule has 2 amide bonds. The van der Waals surface area contributed by atoms with Gasteiger partial charge in [-0.05, 0) is 66.0 Å². The molecule has 33 heavy (non-hydrogen) atoms. The highest BCUT2D eigenvalue weighted by atomic mass is 127. The Morgan fingerprint density at radius 1 is 1.09 bits per heavy atom. The molecule has 1 heterocycles. The lowest BCUT2D eigenvalue weighted by Gasteiger charge is -2.38. The topological polar surface area (TPSA) is 64.7 Å². The molecule has 0 aliphatic carbocycles. The fraction of sp³-hybridized carbons (Fsp3) is 0.391. The molecule has 0 radical (unpaired) electrons. The molecule has 6 nitrogen and oxygen atoms in total. The molecule has 0 bridgehead atoms. The van der Waals surface area contributed by atoms with Crippen molar-refractivity contribution in [3.63, 3.8) is 0 Å². The number of hydrogen-bond acceptors (Lipinski definition) is 4. The second kappa shape index (κ2) is 11.2. The minimum atomic E-state index is -1.27. The molecular formula is C23H26F3IN4O2. The van der Waals surface area contributed by atoms with E-state index in [2.05, 4.69) is 29.4 Å². The summed E-state index contributed by atoms with van der Waals surface area (Å²) in [5.74, 6) is -4.15. The first kappa shape index (κ1) is 25.3. The first-order valence-electron chi connectivity index (χ1n) is 10.7. The summed E-state index contributed by atoms with van der Waals surface area (Å²) in [7, 11) is 0. The fourth-order valence-electron chi connectivity index (χ4n) is 3.58. The summed E-state index contributed by atoms with van der Waals surface area (Å²) in [5.41, 5.74) is -0.650. The van der Waals surface area contributed by atoms with Crippen molar-refractivity contribution >= 4 is 45.8 Å². The van der Waals surface area contributed by atoms with Crippen LogP contribution >= 0.6 is 22.6 Å². The minimum Gasteiger partial charge on any atom is -0.354 e. The zero-order valence-electron chi connectivity index (χ0n) is 18.4. The third-order valence-electron chi connectivity index (χ3n) is 5.68. The number of nitrogens with zero attached hydrogens (tertiary/aromatic N) is 2. The lowest BCUT2D eigenvalue weighted by Crippen LogP contribution is -2.56. The summed E-state index contributed by atoms with van der Waals surface area (Å²) in [4.78, 5) is 28.9. The molecule has 178 valence electrons. The highest BCUT2D eigenvalue weighted by Crippen LogP contribution is 2.31. The number of halogens is 4. The van der Waals surface area contributed by atoms with Crippen LogP contribution in [0.5, 0.6) is 0 Å². The third-order valence-corrected chi connectivity index (χ3v) is 6.35. The average Bonchev–Trinajstić information content (AvgIpc) is 2.75. The van der Waals surface area contributed by atoms with Crippen molar-refractivity contribution in [2.45, 2.75) is 13.8 Å². The van der Waals surface area contributed by atoms with Crippen LogP contribution in [0.4, 0.5) is 24.5 Å². The van der Waals surface area contributed by atoms with Crippen LogP contribution in [0.1, 0.15) is 24.2 Å². The largest absolute Gasteiger partial charge is 0.354 e. The lowest BCUT2D eigenvalue weighted by atomic mass is 9.97. The summed E-state index contributed by atoms with van der Waals surface area (Å²) in [5, 5.41) is 5.39. The quantitative estimate of drug-likeness (QED) is 0.445. The fourth-order valence-corrected chi connectivity index (χ4v) is 4.03. The molecule has 0 atom stereocenters. The summed E-state index contributed by atoms with van der Waals surface area (Å²) in [6, 6.07) is 6.24. The van der Waals surface area contributed by atoms with E-state index in [0.717, 1.165) is 31.8 Å². The van der Waals surface area contributed by atoms with Crippen LogP contribution in [0.15, 0.2) is 30.3 Å². The molecule has 1 aliphatic rings. The lowest BCUT2D eigenvalue weighted by molar-refractivity contribution is -0.129. The minimum absolute atomic E-state index is 0.0805. The van der Waals surface area contributed by atoms with Crippen molar-refractivity contribution < 1.29 is 22.8 Å². The van der Waals surface area contributed by atoms with Crippen LogP contribution in [0, 0.1) is 26.9 Å². The van der Waals surface area contributed by atoms with Crippen molar-refractivity contribution in [2.75, 3.05) is 44.6 Å². The molecule has 0 spiro atoms. The monoisotopic (exact) mass is 574 g/mol. The second-order valence-electron chi connectivity index (χ2n) is 7.76. The van der Waals surface area contributed by atoms with Crippen molar-refractivity contribution in [2.24, 2.45) is 5.92 Å². The van der Waals surface area contributed by atoms with Gasteiger partial charge in [0.1, 0.15) is 5.82 Å². The highest BCUT2D eigenvalue weighted by molar-refractivity contribution is 14.1. The summed E-state index contributed by atoms with van der Waals surface area (Å²) >= 11 is 1.93. The zero-order chi connectivity index (χ0) is 24.1. The molecule has 3 rings (SSSR count). The normalized spacial score (nSPS) is 13.7. The molecular weight excluding hydrogens is 548 g/mol. The van der Waals surface area contributed by atoms with Gasteiger partial charge in [-0.3, -0.25) is 9.59 Å². The van der Waals surface area contributed by atoms with Gasteiger partial charge in [-0.15, -0.1) is 0 Å². The third kappa shape index (κ3) is 5.97. The number of anilines is 2. The van der Waals surface area contributed by atoms with Gasteiger partial charge in [-0.2, -0.15) is 0 Å². The molecule has 10 heteroatoms. The Labute approximate surface area is 204 Å². The molecule has 1 saturated heterocycles. The maximum Gasteiger partial charge on any atom is 0.256 e. The van der Waals surface area contributed by atoms with E-state index in [1.165, 1.54) is 17.0 Å². The van der Waals surface area contributed by atoms with Crippen molar-refractivity contribution in [3.05, 3.63) is 56.9 Å². The number of likely N-dealkylation sites (tertiary alicyclic amines) is 1. The SMILES string of the molecule is CCN(CC)CCNC(=O)C1CN(C(=O)c2ccc(F)c(F)c2Nc2ccc(I)cc2F)C1. The predicted molar refractivity (Wildman–Crippen MR) is 129 cm³/mol. The van der Waals surface area contributed by atoms with E-state index in [9.17, 15) is 22.8 Å². The Hall–Kier alpha value is -2.34. The van der Waals surface area contributed by atoms with Crippen LogP contribution in [-0.2, 0) is 4.79 Å². The van der Waals surface area contributed by atoms with Gasteiger partial charge in [0.25, 0.3) is 5.91 Å². The van der Waals surface area contributed by atoms with E-state index >= 15 is 0 Å². The standard InChI is InChI=1S/C23H26F3IN4O2/c1-3-30(4-2)10-9-28-22(32)14-12-31(13-14)23(33)16-6-7-17(24)20(26)21(16)29-19-8-5-15(27)11-18(19)25/h5-8,11,14,29H,3-4,9-10,12-13H2,1-2H3,(H,28,32). The Kier molecular flexibility index (Phi) is 8.57. The first-order valence-corrected chi connectivity index (χ1v) is 11.8. The van der Waals surface area contributed by atoms with Gasteiger partial charge >= 0.3 is 0 Å². The number of carbonyl (C=O) groups is 2. The first-order chi connectivity index (χ1) is 15.7. The summed E-state index contributed by atoms with van der Waals surface area (Å²) in [6.07, 6.45) is 0. The van der Waals surface area contributed by atoms with Crippen LogP contribution in [0.25, 0.3) is 0 Å². The van der Waals surface area contributed by atoms with Crippen molar-refractivity contribution in [1.29, 1.82) is 0 Å². The van der Waals surface area contributed by atoms with Crippen molar-refractivity contribution in [3.8, 4) is 0 Å². The van der Waals surface area contributed by atoms with Gasteiger partial charge < -0.3 is 20.4 Å². The van der Waals surface area contributed by atoms with Crippen LogP contribution in [0.3, 0.4) is 0 Å². The number of amides is 2. The number of hydrogen-bond donors (Lipinski definition) is 2. The maximum atomic E-state index is 14.6.